The van der Waals surface area contributed by atoms with E-state index in [9.17, 15) is 4.79 Å². The first-order valence-corrected chi connectivity index (χ1v) is 8.92. The largest absolute Gasteiger partial charge is 0.481 e. The molecule has 0 aliphatic carbocycles. The van der Waals surface area contributed by atoms with Crippen molar-refractivity contribution in [2.45, 2.75) is 60.1 Å². The topological polar surface area (TPSA) is 38.3 Å². The van der Waals surface area contributed by atoms with Gasteiger partial charge in [0.2, 0.25) is 0 Å². The smallest absolute Gasteiger partial charge is 0.261 e. The number of hydrogen-bond acceptors (Lipinski definition) is 2. The molecule has 0 heterocycles. The molecule has 2 aromatic rings. The molecule has 3 heteroatoms. The van der Waals surface area contributed by atoms with Crippen LogP contribution in [0.25, 0.3) is 0 Å². The lowest BCUT2D eigenvalue weighted by Gasteiger charge is -2.22. The van der Waals surface area contributed by atoms with Gasteiger partial charge in [-0.25, -0.2) is 0 Å². The summed E-state index contributed by atoms with van der Waals surface area (Å²) >= 11 is 0. The molecule has 2 aromatic carbocycles. The maximum atomic E-state index is 12.7. The lowest BCUT2D eigenvalue weighted by atomic mass is 10.00. The standard InChI is InChI=1S/C22H29NO2/c1-7-21(25-19-11-15(3)10-16(4)12-19)22(24)23-18(6)20-13-14(2)8-9-17(20)5/h8-13,18,21H,7H2,1-6H3,(H,23,24)/t18-,21-/m1/s1. The van der Waals surface area contributed by atoms with Crippen LogP contribution in [0.5, 0.6) is 5.75 Å². The minimum atomic E-state index is -0.492. The molecule has 134 valence electrons. The van der Waals surface area contributed by atoms with Crippen LogP contribution in [0.15, 0.2) is 36.4 Å². The van der Waals surface area contributed by atoms with E-state index in [1.807, 2.05) is 39.8 Å². The molecule has 0 spiro atoms. The summed E-state index contributed by atoms with van der Waals surface area (Å²) in [5, 5.41) is 3.10. The van der Waals surface area contributed by atoms with Gasteiger partial charge in [0.25, 0.3) is 5.91 Å². The first-order chi connectivity index (χ1) is 11.8. The molecule has 0 bridgehead atoms. The van der Waals surface area contributed by atoms with Crippen LogP contribution >= 0.6 is 0 Å². The van der Waals surface area contributed by atoms with Crippen LogP contribution in [0.4, 0.5) is 0 Å². The summed E-state index contributed by atoms with van der Waals surface area (Å²) in [6.45, 7) is 12.2. The summed E-state index contributed by atoms with van der Waals surface area (Å²) in [5.41, 5.74) is 5.79. The van der Waals surface area contributed by atoms with E-state index in [4.69, 9.17) is 4.74 Å². The molecule has 0 fully saturated rings. The van der Waals surface area contributed by atoms with Crippen LogP contribution in [-0.2, 0) is 4.79 Å². The van der Waals surface area contributed by atoms with Crippen LogP contribution in [0.3, 0.4) is 0 Å². The van der Waals surface area contributed by atoms with Gasteiger partial charge in [-0.15, -0.1) is 0 Å². The summed E-state index contributed by atoms with van der Waals surface area (Å²) in [5.74, 6) is 0.675. The first-order valence-electron chi connectivity index (χ1n) is 8.92. The lowest BCUT2D eigenvalue weighted by Crippen LogP contribution is -2.39. The molecule has 1 amide bonds. The molecule has 0 saturated carbocycles. The fraction of sp³-hybridized carbons (Fsp3) is 0.409. The zero-order chi connectivity index (χ0) is 18.6. The number of ether oxygens (including phenoxy) is 1. The highest BCUT2D eigenvalue weighted by Crippen LogP contribution is 2.21. The van der Waals surface area contributed by atoms with E-state index in [2.05, 4.69) is 43.4 Å². The van der Waals surface area contributed by atoms with Crippen LogP contribution in [0.2, 0.25) is 0 Å². The molecule has 25 heavy (non-hydrogen) atoms. The van der Waals surface area contributed by atoms with Gasteiger partial charge in [-0.05, 0) is 75.4 Å². The Morgan fingerprint density at radius 2 is 1.64 bits per heavy atom. The van der Waals surface area contributed by atoms with Crippen molar-refractivity contribution in [3.05, 3.63) is 64.2 Å². The summed E-state index contributed by atoms with van der Waals surface area (Å²) in [4.78, 5) is 12.7. The van der Waals surface area contributed by atoms with E-state index in [1.165, 1.54) is 11.1 Å². The predicted molar refractivity (Wildman–Crippen MR) is 103 cm³/mol. The van der Waals surface area contributed by atoms with E-state index in [-0.39, 0.29) is 11.9 Å². The van der Waals surface area contributed by atoms with Crippen molar-refractivity contribution < 1.29 is 9.53 Å². The van der Waals surface area contributed by atoms with E-state index in [1.54, 1.807) is 0 Å². The van der Waals surface area contributed by atoms with E-state index >= 15 is 0 Å². The lowest BCUT2D eigenvalue weighted by molar-refractivity contribution is -0.128. The summed E-state index contributed by atoms with van der Waals surface area (Å²) in [6.07, 6.45) is 0.131. The van der Waals surface area contributed by atoms with Crippen LogP contribution in [0, 0.1) is 27.7 Å². The molecule has 1 N–H and O–H groups in total. The fourth-order valence-corrected chi connectivity index (χ4v) is 3.10. The maximum absolute atomic E-state index is 12.7. The highest BCUT2D eigenvalue weighted by molar-refractivity contribution is 5.81. The molecule has 2 rings (SSSR count). The van der Waals surface area contributed by atoms with Gasteiger partial charge in [0.15, 0.2) is 6.10 Å². The molecule has 3 nitrogen and oxygen atoms in total. The number of hydrogen-bond donors (Lipinski definition) is 1. The molecule has 0 aliphatic rings. The Hall–Kier alpha value is -2.29. The SMILES string of the molecule is CC[C@@H](Oc1cc(C)cc(C)c1)C(=O)N[C@H](C)c1cc(C)ccc1C. The van der Waals surface area contributed by atoms with Crippen molar-refractivity contribution in [2.24, 2.45) is 0 Å². The maximum Gasteiger partial charge on any atom is 0.261 e. The van der Waals surface area contributed by atoms with Crippen molar-refractivity contribution in [2.75, 3.05) is 0 Å². The second-order valence-electron chi connectivity index (χ2n) is 6.93. The fourth-order valence-electron chi connectivity index (χ4n) is 3.10. The number of benzene rings is 2. The molecule has 0 unspecified atom stereocenters. The van der Waals surface area contributed by atoms with Crippen molar-refractivity contribution in [3.8, 4) is 5.75 Å². The zero-order valence-electron chi connectivity index (χ0n) is 16.1. The summed E-state index contributed by atoms with van der Waals surface area (Å²) in [7, 11) is 0. The number of carbonyl (C=O) groups excluding carboxylic acids is 1. The molecule has 0 aromatic heterocycles. The molecule has 0 aliphatic heterocycles. The monoisotopic (exact) mass is 339 g/mol. The average Bonchev–Trinajstić information content (AvgIpc) is 2.53. The second-order valence-corrected chi connectivity index (χ2v) is 6.93. The molecular formula is C22H29NO2. The average molecular weight is 339 g/mol. The third kappa shape index (κ3) is 5.09. The first kappa shape index (κ1) is 19.0. The number of carbonyl (C=O) groups is 1. The van der Waals surface area contributed by atoms with Gasteiger partial charge in [-0.3, -0.25) is 4.79 Å². The van der Waals surface area contributed by atoms with E-state index in [0.29, 0.717) is 6.42 Å². The Labute approximate surface area is 151 Å². The number of nitrogens with one attached hydrogen (secondary N) is 1. The summed E-state index contributed by atoms with van der Waals surface area (Å²) < 4.78 is 5.97. The third-order valence-corrected chi connectivity index (χ3v) is 4.40. The molecule has 0 radical (unpaired) electrons. The van der Waals surface area contributed by atoms with Gasteiger partial charge >= 0.3 is 0 Å². The number of aryl methyl sites for hydroxylation is 4. The van der Waals surface area contributed by atoms with Crippen molar-refractivity contribution >= 4 is 5.91 Å². The Bertz CT molecular complexity index is 731. The van der Waals surface area contributed by atoms with Gasteiger partial charge in [0.05, 0.1) is 6.04 Å². The predicted octanol–water partition coefficient (Wildman–Crippen LogP) is 4.96. The minimum absolute atomic E-state index is 0.0516. The van der Waals surface area contributed by atoms with Gasteiger partial charge in [0, 0.05) is 0 Å². The van der Waals surface area contributed by atoms with Gasteiger partial charge in [-0.1, -0.05) is 36.8 Å². The minimum Gasteiger partial charge on any atom is -0.481 e. The van der Waals surface area contributed by atoms with E-state index in [0.717, 1.165) is 22.4 Å². The molecule has 2 atom stereocenters. The van der Waals surface area contributed by atoms with Crippen molar-refractivity contribution in [3.63, 3.8) is 0 Å². The Morgan fingerprint density at radius 3 is 2.24 bits per heavy atom. The highest BCUT2D eigenvalue weighted by atomic mass is 16.5. The van der Waals surface area contributed by atoms with Crippen LogP contribution in [-0.4, -0.2) is 12.0 Å². The van der Waals surface area contributed by atoms with Crippen LogP contribution in [0.1, 0.15) is 54.1 Å². The third-order valence-electron chi connectivity index (χ3n) is 4.40. The van der Waals surface area contributed by atoms with Crippen molar-refractivity contribution in [1.82, 2.24) is 5.32 Å². The Balaban J connectivity index is 2.10. The van der Waals surface area contributed by atoms with Gasteiger partial charge in [0.1, 0.15) is 5.75 Å². The zero-order valence-corrected chi connectivity index (χ0v) is 16.1. The molecule has 0 saturated heterocycles. The molecular weight excluding hydrogens is 310 g/mol. The normalized spacial score (nSPS) is 13.2. The van der Waals surface area contributed by atoms with Crippen molar-refractivity contribution in [1.29, 1.82) is 0 Å². The Kier molecular flexibility index (Phi) is 6.24. The number of amides is 1. The second kappa shape index (κ2) is 8.19. The van der Waals surface area contributed by atoms with Gasteiger partial charge in [-0.2, -0.15) is 0 Å². The van der Waals surface area contributed by atoms with E-state index < -0.39 is 6.10 Å². The number of rotatable bonds is 6. The highest BCUT2D eigenvalue weighted by Gasteiger charge is 2.21. The quantitative estimate of drug-likeness (QED) is 0.808. The van der Waals surface area contributed by atoms with Crippen LogP contribution < -0.4 is 10.1 Å². The van der Waals surface area contributed by atoms with Gasteiger partial charge < -0.3 is 10.1 Å². The summed E-state index contributed by atoms with van der Waals surface area (Å²) in [6, 6.07) is 12.3. The Morgan fingerprint density at radius 1 is 1.00 bits per heavy atom.